The SMILES string of the molecule is COC(=O)c1cccc2c1c(Cc1ccc(CCl)cc1)cn2C(=O)N(C)C. The van der Waals surface area contributed by atoms with Crippen LogP contribution in [0.2, 0.25) is 0 Å². The molecule has 0 aliphatic rings. The van der Waals surface area contributed by atoms with Gasteiger partial charge in [0, 0.05) is 31.6 Å². The Kier molecular flexibility index (Phi) is 5.51. The van der Waals surface area contributed by atoms with E-state index in [2.05, 4.69) is 0 Å². The minimum atomic E-state index is -0.422. The number of methoxy groups -OCH3 is 1. The third-order valence-corrected chi connectivity index (χ3v) is 4.78. The van der Waals surface area contributed by atoms with Crippen molar-refractivity contribution in [1.82, 2.24) is 9.47 Å². The van der Waals surface area contributed by atoms with E-state index >= 15 is 0 Å². The predicted molar refractivity (Wildman–Crippen MR) is 107 cm³/mol. The molecule has 0 saturated carbocycles. The topological polar surface area (TPSA) is 51.5 Å². The van der Waals surface area contributed by atoms with Gasteiger partial charge in [-0.2, -0.15) is 0 Å². The lowest BCUT2D eigenvalue weighted by Gasteiger charge is -2.11. The Morgan fingerprint density at radius 1 is 1.07 bits per heavy atom. The van der Waals surface area contributed by atoms with Crippen molar-refractivity contribution in [2.75, 3.05) is 21.2 Å². The van der Waals surface area contributed by atoms with Crippen LogP contribution in [-0.2, 0) is 17.0 Å². The van der Waals surface area contributed by atoms with Crippen LogP contribution >= 0.6 is 11.6 Å². The third-order valence-electron chi connectivity index (χ3n) is 4.47. The van der Waals surface area contributed by atoms with Gasteiger partial charge in [-0.25, -0.2) is 9.59 Å². The normalized spacial score (nSPS) is 10.8. The Morgan fingerprint density at radius 2 is 1.74 bits per heavy atom. The Morgan fingerprint density at radius 3 is 2.33 bits per heavy atom. The molecule has 0 unspecified atom stereocenters. The van der Waals surface area contributed by atoms with Gasteiger partial charge >= 0.3 is 12.0 Å². The summed E-state index contributed by atoms with van der Waals surface area (Å²) in [6.45, 7) is 0. The van der Waals surface area contributed by atoms with Crippen molar-refractivity contribution in [3.63, 3.8) is 0 Å². The molecule has 27 heavy (non-hydrogen) atoms. The molecule has 3 aromatic rings. The fourth-order valence-corrected chi connectivity index (χ4v) is 3.30. The molecule has 140 valence electrons. The summed E-state index contributed by atoms with van der Waals surface area (Å²) in [7, 11) is 4.75. The second-order valence-corrected chi connectivity index (χ2v) is 6.79. The van der Waals surface area contributed by atoms with Crippen molar-refractivity contribution < 1.29 is 14.3 Å². The largest absolute Gasteiger partial charge is 0.465 e. The van der Waals surface area contributed by atoms with E-state index in [1.165, 1.54) is 12.0 Å². The van der Waals surface area contributed by atoms with Crippen LogP contribution in [0.25, 0.3) is 10.9 Å². The highest BCUT2D eigenvalue weighted by atomic mass is 35.5. The van der Waals surface area contributed by atoms with E-state index in [0.717, 1.165) is 22.1 Å². The molecule has 5 nitrogen and oxygen atoms in total. The minimum absolute atomic E-state index is 0.175. The number of hydrogen-bond donors (Lipinski definition) is 0. The quantitative estimate of drug-likeness (QED) is 0.498. The number of amides is 1. The number of ether oxygens (including phenoxy) is 1. The number of alkyl halides is 1. The zero-order valence-electron chi connectivity index (χ0n) is 15.5. The number of hydrogen-bond acceptors (Lipinski definition) is 3. The number of nitrogens with zero attached hydrogens (tertiary/aromatic N) is 2. The van der Waals surface area contributed by atoms with E-state index < -0.39 is 5.97 Å². The lowest BCUT2D eigenvalue weighted by atomic mass is 10.00. The number of carbonyl (C=O) groups is 2. The van der Waals surface area contributed by atoms with Crippen LogP contribution in [0.4, 0.5) is 4.79 Å². The monoisotopic (exact) mass is 384 g/mol. The first kappa shape index (κ1) is 19.0. The summed E-state index contributed by atoms with van der Waals surface area (Å²) in [5, 5.41) is 0.737. The van der Waals surface area contributed by atoms with Gasteiger partial charge in [0.1, 0.15) is 0 Å². The van der Waals surface area contributed by atoms with Gasteiger partial charge in [-0.1, -0.05) is 30.3 Å². The van der Waals surface area contributed by atoms with Crippen LogP contribution in [0.3, 0.4) is 0 Å². The molecular formula is C21H21ClN2O3. The van der Waals surface area contributed by atoms with Gasteiger partial charge in [-0.15, -0.1) is 11.6 Å². The summed E-state index contributed by atoms with van der Waals surface area (Å²) in [5.74, 6) is 0.0399. The molecule has 0 saturated heterocycles. The van der Waals surface area contributed by atoms with E-state index in [0.29, 0.717) is 23.4 Å². The number of benzene rings is 2. The van der Waals surface area contributed by atoms with Crippen molar-refractivity contribution in [3.8, 4) is 0 Å². The van der Waals surface area contributed by atoms with Gasteiger partial charge < -0.3 is 9.64 Å². The molecule has 0 aliphatic heterocycles. The molecule has 3 rings (SSSR count). The summed E-state index contributed by atoms with van der Waals surface area (Å²) in [5.41, 5.74) is 4.14. The van der Waals surface area contributed by atoms with E-state index in [1.54, 1.807) is 37.0 Å². The highest BCUT2D eigenvalue weighted by Gasteiger charge is 2.20. The number of fused-ring (bicyclic) bond motifs is 1. The van der Waals surface area contributed by atoms with Gasteiger partial charge in [-0.05, 0) is 35.2 Å². The zero-order valence-corrected chi connectivity index (χ0v) is 16.3. The molecule has 6 heteroatoms. The van der Waals surface area contributed by atoms with E-state index in [-0.39, 0.29) is 6.03 Å². The molecule has 0 aliphatic carbocycles. The molecule has 0 N–H and O–H groups in total. The van der Waals surface area contributed by atoms with Gasteiger partial charge in [-0.3, -0.25) is 4.57 Å². The fraction of sp³-hybridized carbons (Fsp3) is 0.238. The highest BCUT2D eigenvalue weighted by Crippen LogP contribution is 2.28. The number of halogens is 1. The van der Waals surface area contributed by atoms with E-state index in [4.69, 9.17) is 16.3 Å². The van der Waals surface area contributed by atoms with Crippen LogP contribution < -0.4 is 0 Å². The van der Waals surface area contributed by atoms with Crippen molar-refractivity contribution in [1.29, 1.82) is 0 Å². The van der Waals surface area contributed by atoms with Crippen LogP contribution in [0.1, 0.15) is 27.0 Å². The fourth-order valence-electron chi connectivity index (χ4n) is 3.12. The zero-order chi connectivity index (χ0) is 19.6. The van der Waals surface area contributed by atoms with Gasteiger partial charge in [0.05, 0.1) is 18.2 Å². The van der Waals surface area contributed by atoms with Gasteiger partial charge in [0.2, 0.25) is 0 Å². The standard InChI is InChI=1S/C21H21ClN2O3/c1-23(2)21(26)24-13-16(11-14-7-9-15(12-22)10-8-14)19-17(20(25)27-3)5-4-6-18(19)24/h4-10,13H,11-12H2,1-3H3. The van der Waals surface area contributed by atoms with Crippen LogP contribution in [-0.4, -0.2) is 42.7 Å². The lowest BCUT2D eigenvalue weighted by Crippen LogP contribution is -2.26. The molecule has 2 aromatic carbocycles. The first-order valence-electron chi connectivity index (χ1n) is 8.53. The average Bonchev–Trinajstić information content (AvgIpc) is 3.05. The first-order valence-corrected chi connectivity index (χ1v) is 9.06. The Balaban J connectivity index is 2.17. The highest BCUT2D eigenvalue weighted by molar-refractivity contribution is 6.17. The molecule has 0 bridgehead atoms. The molecular weight excluding hydrogens is 364 g/mol. The molecule has 0 radical (unpaired) electrons. The predicted octanol–water partition coefficient (Wildman–Crippen LogP) is 4.29. The minimum Gasteiger partial charge on any atom is -0.465 e. The number of rotatable bonds is 4. The number of esters is 1. The Bertz CT molecular complexity index is 991. The van der Waals surface area contributed by atoms with Crippen LogP contribution in [0.15, 0.2) is 48.7 Å². The first-order chi connectivity index (χ1) is 13.0. The van der Waals surface area contributed by atoms with Crippen molar-refractivity contribution in [2.24, 2.45) is 0 Å². The molecule has 1 amide bonds. The van der Waals surface area contributed by atoms with Crippen molar-refractivity contribution in [2.45, 2.75) is 12.3 Å². The maximum atomic E-state index is 12.6. The van der Waals surface area contributed by atoms with Gasteiger partial charge in [0.25, 0.3) is 0 Å². The van der Waals surface area contributed by atoms with Crippen molar-refractivity contribution in [3.05, 3.63) is 70.9 Å². The second kappa shape index (κ2) is 7.84. The molecule has 0 atom stereocenters. The maximum Gasteiger partial charge on any atom is 0.338 e. The summed E-state index contributed by atoms with van der Waals surface area (Å²) in [6.07, 6.45) is 2.38. The third kappa shape index (κ3) is 3.69. The summed E-state index contributed by atoms with van der Waals surface area (Å²) in [4.78, 5) is 26.4. The second-order valence-electron chi connectivity index (χ2n) is 6.52. The summed E-state index contributed by atoms with van der Waals surface area (Å²) in [6, 6.07) is 13.1. The van der Waals surface area contributed by atoms with Crippen LogP contribution in [0, 0.1) is 0 Å². The van der Waals surface area contributed by atoms with Crippen LogP contribution in [0.5, 0.6) is 0 Å². The smallest absolute Gasteiger partial charge is 0.338 e. The molecule has 1 heterocycles. The maximum absolute atomic E-state index is 12.6. The lowest BCUT2D eigenvalue weighted by molar-refractivity contribution is 0.0603. The molecule has 0 fully saturated rings. The Hall–Kier alpha value is -2.79. The number of aromatic nitrogens is 1. The van der Waals surface area contributed by atoms with E-state index in [1.807, 2.05) is 30.3 Å². The summed E-state index contributed by atoms with van der Waals surface area (Å²) >= 11 is 5.86. The number of carbonyl (C=O) groups excluding carboxylic acids is 2. The molecule has 1 aromatic heterocycles. The molecule has 0 spiro atoms. The van der Waals surface area contributed by atoms with E-state index in [9.17, 15) is 9.59 Å². The van der Waals surface area contributed by atoms with Crippen molar-refractivity contribution >= 4 is 34.5 Å². The summed E-state index contributed by atoms with van der Waals surface area (Å²) < 4.78 is 6.51. The van der Waals surface area contributed by atoms with Gasteiger partial charge in [0.15, 0.2) is 0 Å². The average molecular weight is 385 g/mol. The Labute approximate surface area is 163 Å².